The van der Waals surface area contributed by atoms with Gasteiger partial charge in [-0.25, -0.2) is 43.9 Å². The molecule has 2 aliphatic rings. The van der Waals surface area contributed by atoms with Gasteiger partial charge in [-0.05, 0) is 118 Å². The summed E-state index contributed by atoms with van der Waals surface area (Å²) >= 11 is 0. The summed E-state index contributed by atoms with van der Waals surface area (Å²) in [6.45, 7) is 9.02. The Balaban J connectivity index is 1.75. The molecule has 2 bridgehead atoms. The largest absolute Gasteiger partial charge is 0.229 e. The van der Waals surface area contributed by atoms with E-state index in [2.05, 4.69) is 0 Å². The smallest absolute Gasteiger partial charge is 0.204 e. The first-order valence-electron chi connectivity index (χ1n) is 15.9. The molecule has 0 saturated heterocycles. The van der Waals surface area contributed by atoms with Gasteiger partial charge in [-0.2, -0.15) is 0 Å². The third kappa shape index (κ3) is 5.50. The minimum Gasteiger partial charge on any atom is -0.204 e. The zero-order valence-corrected chi connectivity index (χ0v) is 28.4. The minimum atomic E-state index is -2.50. The molecule has 0 radical (unpaired) electrons. The molecule has 49 heavy (non-hydrogen) atoms. The van der Waals surface area contributed by atoms with Crippen molar-refractivity contribution in [3.8, 4) is 0 Å². The summed E-state index contributed by atoms with van der Waals surface area (Å²) in [7, 11) is -1.62. The van der Waals surface area contributed by atoms with Crippen LogP contribution in [0.4, 0.5) is 43.9 Å². The third-order valence-electron chi connectivity index (χ3n) is 10.5. The first-order chi connectivity index (χ1) is 23.0. The van der Waals surface area contributed by atoms with Crippen molar-refractivity contribution in [2.45, 2.75) is 72.3 Å². The van der Waals surface area contributed by atoms with E-state index in [1.165, 1.54) is 0 Å². The molecule has 4 aromatic rings. The van der Waals surface area contributed by atoms with Crippen LogP contribution in [0.3, 0.4) is 0 Å². The van der Waals surface area contributed by atoms with Crippen LogP contribution in [-0.4, -0.2) is 12.4 Å². The summed E-state index contributed by atoms with van der Waals surface area (Å²) in [5, 5.41) is 1.76. The first-order valence-corrected chi connectivity index (χ1v) is 17.4. The van der Waals surface area contributed by atoms with E-state index in [1.54, 1.807) is 0 Å². The van der Waals surface area contributed by atoms with Crippen LogP contribution in [0, 0.1) is 112 Å². The van der Waals surface area contributed by atoms with Crippen LogP contribution in [0.2, 0.25) is 5.82 Å². The third-order valence-corrected chi connectivity index (χ3v) is 14.2. The van der Waals surface area contributed by atoms with Gasteiger partial charge in [-0.1, -0.05) is 41.8 Å². The molecule has 4 atom stereocenters. The molecule has 2 fully saturated rings. The summed E-state index contributed by atoms with van der Waals surface area (Å²) in [4.78, 5) is 0. The lowest BCUT2D eigenvalue weighted by atomic mass is 9.30. The van der Waals surface area contributed by atoms with Gasteiger partial charge < -0.3 is 0 Å². The van der Waals surface area contributed by atoms with Gasteiger partial charge in [0.15, 0.2) is 58.2 Å². The second kappa shape index (κ2) is 12.8. The molecule has 2 saturated carbocycles. The van der Waals surface area contributed by atoms with E-state index >= 15 is 17.6 Å². The van der Waals surface area contributed by atoms with E-state index in [1.807, 2.05) is 65.8 Å². The molecule has 4 unspecified atom stereocenters. The fraction of sp³-hybridized carbons (Fsp3) is 0.351. The fourth-order valence-corrected chi connectivity index (χ4v) is 13.0. The predicted octanol–water partition coefficient (Wildman–Crippen LogP) is 8.84. The number of benzene rings is 4. The van der Waals surface area contributed by atoms with Gasteiger partial charge >= 0.3 is 0 Å². The predicted molar refractivity (Wildman–Crippen MR) is 173 cm³/mol. The van der Waals surface area contributed by atoms with Crippen molar-refractivity contribution in [1.29, 1.82) is 0 Å². The lowest BCUT2D eigenvalue weighted by molar-refractivity contribution is 0.381. The van der Waals surface area contributed by atoms with Gasteiger partial charge in [0.25, 0.3) is 0 Å². The zero-order valence-electron chi connectivity index (χ0n) is 27.5. The maximum absolute atomic E-state index is 15.9. The molecule has 0 aliphatic heterocycles. The van der Waals surface area contributed by atoms with Crippen molar-refractivity contribution in [2.24, 2.45) is 11.8 Å². The van der Waals surface area contributed by atoms with Crippen molar-refractivity contribution in [3.63, 3.8) is 0 Å². The Morgan fingerprint density at radius 3 is 1.12 bits per heavy atom. The minimum absolute atomic E-state index is 0.244. The van der Waals surface area contributed by atoms with E-state index in [4.69, 9.17) is 0 Å². The topological polar surface area (TPSA) is 0 Å². The molecule has 0 heterocycles. The Morgan fingerprint density at radius 1 is 0.469 bits per heavy atom. The van der Waals surface area contributed by atoms with Gasteiger partial charge in [0, 0.05) is 10.9 Å². The van der Waals surface area contributed by atoms with Crippen molar-refractivity contribution in [3.05, 3.63) is 116 Å². The van der Waals surface area contributed by atoms with Crippen LogP contribution in [0.5, 0.6) is 0 Å². The molecule has 0 nitrogen and oxygen atoms in total. The standard InChI is InChI=1S/C37H32BF10P/c1-14-9-16(3)35(17(4)10-14)49(36-18(5)11-15(2)12-19(36)6)37-21-8-7-20(13-21)22(37)38(23-25(39)29(43)33(47)30(44)26(23)40)24-27(41)31(45)34(48)32(46)28(24)42/h9-12,20-22,37H,7-8,13H2,1-6H3. The summed E-state index contributed by atoms with van der Waals surface area (Å²) in [5.41, 5.74) is 1.47. The van der Waals surface area contributed by atoms with Crippen molar-refractivity contribution in [2.75, 3.05) is 0 Å². The molecule has 0 spiro atoms. The summed E-state index contributed by atoms with van der Waals surface area (Å²) < 4.78 is 152. The van der Waals surface area contributed by atoms with E-state index in [9.17, 15) is 26.3 Å². The Hall–Kier alpha value is -3.33. The van der Waals surface area contributed by atoms with Crippen LogP contribution >= 0.6 is 7.92 Å². The highest BCUT2D eigenvalue weighted by Crippen LogP contribution is 2.65. The normalized spacial score (nSPS) is 20.2. The van der Waals surface area contributed by atoms with Gasteiger partial charge in [-0.15, -0.1) is 0 Å². The van der Waals surface area contributed by atoms with E-state index in [-0.39, 0.29) is 5.92 Å². The highest BCUT2D eigenvalue weighted by molar-refractivity contribution is 7.74. The number of rotatable bonds is 6. The zero-order chi connectivity index (χ0) is 36.0. The van der Waals surface area contributed by atoms with Gasteiger partial charge in [-0.3, -0.25) is 0 Å². The van der Waals surface area contributed by atoms with Crippen LogP contribution in [-0.2, 0) is 0 Å². The van der Waals surface area contributed by atoms with Crippen LogP contribution in [0.1, 0.15) is 52.6 Å². The molecule has 2 aliphatic carbocycles. The SMILES string of the molecule is Cc1cc(C)c(P(c2c(C)cc(C)cc2C)C2C3CCC(C3)C2B(c2c(F)c(F)c(F)c(F)c2F)c2c(F)c(F)c(F)c(F)c2F)c(C)c1. The molecular formula is C37H32BF10P. The first kappa shape index (κ1) is 35.5. The van der Waals surface area contributed by atoms with Crippen LogP contribution in [0.25, 0.3) is 0 Å². The van der Waals surface area contributed by atoms with Gasteiger partial charge in [0.05, 0.1) is 0 Å². The van der Waals surface area contributed by atoms with E-state index in [0.717, 1.165) is 44.0 Å². The lowest BCUT2D eigenvalue weighted by Gasteiger charge is -2.43. The molecule has 4 aromatic carbocycles. The molecular weight excluding hydrogens is 676 g/mol. The molecule has 258 valence electrons. The maximum Gasteiger partial charge on any atom is 0.229 e. The Kier molecular flexibility index (Phi) is 9.25. The van der Waals surface area contributed by atoms with E-state index < -0.39 is 101 Å². The Morgan fingerprint density at radius 2 is 0.776 bits per heavy atom. The summed E-state index contributed by atoms with van der Waals surface area (Å²) in [5.74, 6) is -26.1. The molecule has 6 rings (SSSR count). The number of halogens is 10. The Bertz CT molecular complexity index is 1800. The fourth-order valence-electron chi connectivity index (χ4n) is 8.99. The van der Waals surface area contributed by atoms with Gasteiger partial charge in [0.1, 0.15) is 0 Å². The number of hydrogen-bond acceptors (Lipinski definition) is 0. The monoisotopic (exact) mass is 708 g/mol. The second-order valence-corrected chi connectivity index (χ2v) is 15.9. The van der Waals surface area contributed by atoms with Crippen LogP contribution < -0.4 is 21.5 Å². The summed E-state index contributed by atoms with van der Waals surface area (Å²) in [6, 6.07) is 7.85. The molecule has 0 amide bonds. The second-order valence-electron chi connectivity index (χ2n) is 13.7. The van der Waals surface area contributed by atoms with E-state index in [0.29, 0.717) is 19.3 Å². The van der Waals surface area contributed by atoms with Crippen LogP contribution in [0.15, 0.2) is 24.3 Å². The van der Waals surface area contributed by atoms with Gasteiger partial charge in [0.2, 0.25) is 6.71 Å². The maximum atomic E-state index is 15.9. The molecule has 0 aromatic heterocycles. The highest BCUT2D eigenvalue weighted by atomic mass is 31.1. The quantitative estimate of drug-likeness (QED) is 0.0618. The molecule has 12 heteroatoms. The number of fused-ring (bicyclic) bond motifs is 2. The summed E-state index contributed by atoms with van der Waals surface area (Å²) in [6.07, 6.45) is 1.34. The highest BCUT2D eigenvalue weighted by Gasteiger charge is 2.58. The lowest BCUT2D eigenvalue weighted by Crippen LogP contribution is -2.57. The average Bonchev–Trinajstić information content (AvgIpc) is 3.64. The van der Waals surface area contributed by atoms with Crippen molar-refractivity contribution >= 4 is 36.2 Å². The molecule has 0 N–H and O–H groups in total. The Labute approximate surface area is 279 Å². The number of aryl methyl sites for hydroxylation is 6. The number of hydrogen-bond donors (Lipinski definition) is 0. The van der Waals surface area contributed by atoms with Crippen molar-refractivity contribution in [1.82, 2.24) is 0 Å². The van der Waals surface area contributed by atoms with Crippen molar-refractivity contribution < 1.29 is 43.9 Å². The average molecular weight is 708 g/mol.